The third kappa shape index (κ3) is 3.34. The summed E-state index contributed by atoms with van der Waals surface area (Å²) in [5, 5.41) is 16.9. The summed E-state index contributed by atoms with van der Waals surface area (Å²) in [4.78, 5) is 23.1. The Balaban J connectivity index is 0.000000136. The Labute approximate surface area is 133 Å². The van der Waals surface area contributed by atoms with E-state index in [-0.39, 0.29) is 11.1 Å². The average Bonchev–Trinajstić information content (AvgIpc) is 3.33. The fourth-order valence-electron chi connectivity index (χ4n) is 2.57. The molecule has 0 atom stereocenters. The zero-order valence-corrected chi connectivity index (χ0v) is 12.5. The summed E-state index contributed by atoms with van der Waals surface area (Å²) in [7, 11) is 0. The molecule has 2 aromatic carbocycles. The van der Waals surface area contributed by atoms with Gasteiger partial charge in [-0.3, -0.25) is 0 Å². The average molecular weight is 311 g/mol. The van der Waals surface area contributed by atoms with Crippen LogP contribution in [0.15, 0.2) is 42.5 Å². The number of carbonyl (C=O) groups is 2. The van der Waals surface area contributed by atoms with Crippen molar-refractivity contribution in [2.24, 2.45) is 0 Å². The van der Waals surface area contributed by atoms with Crippen molar-refractivity contribution in [3.63, 3.8) is 0 Å². The molecule has 118 valence electrons. The Morgan fingerprint density at radius 3 is 1.78 bits per heavy atom. The maximum absolute atomic E-state index is 10.3. The molecule has 0 unspecified atom stereocenters. The third-order valence-electron chi connectivity index (χ3n) is 4.06. The standard InChI is InChI=1S/C10H11N.C8H6O4/c1-2-8-4-5-9(8)10(3-1)11-6-7-11;9-7(10)5-1-2-6(4-3-5)8(11)12/h1-3H,4-7H2;1-4H,(H,9,10)(H,11,12). The van der Waals surface area contributed by atoms with Gasteiger partial charge in [-0.05, 0) is 54.3 Å². The van der Waals surface area contributed by atoms with E-state index in [1.54, 1.807) is 11.1 Å². The zero-order valence-electron chi connectivity index (χ0n) is 12.5. The molecule has 0 radical (unpaired) electrons. The number of aryl methyl sites for hydroxylation is 1. The summed E-state index contributed by atoms with van der Waals surface area (Å²) >= 11 is 0. The highest BCUT2D eigenvalue weighted by atomic mass is 16.4. The van der Waals surface area contributed by atoms with Crippen molar-refractivity contribution in [2.45, 2.75) is 12.8 Å². The molecular weight excluding hydrogens is 294 g/mol. The second-order valence-electron chi connectivity index (χ2n) is 5.59. The third-order valence-corrected chi connectivity index (χ3v) is 4.06. The Hall–Kier alpha value is -2.82. The first-order valence-electron chi connectivity index (χ1n) is 7.48. The van der Waals surface area contributed by atoms with Gasteiger partial charge in [0.25, 0.3) is 0 Å². The Bertz CT molecular complexity index is 715. The molecule has 5 nitrogen and oxygen atoms in total. The monoisotopic (exact) mass is 311 g/mol. The van der Waals surface area contributed by atoms with E-state index in [1.807, 2.05) is 0 Å². The van der Waals surface area contributed by atoms with E-state index in [1.165, 1.54) is 55.9 Å². The van der Waals surface area contributed by atoms with Crippen molar-refractivity contribution in [3.05, 3.63) is 64.7 Å². The van der Waals surface area contributed by atoms with Crippen LogP contribution >= 0.6 is 0 Å². The van der Waals surface area contributed by atoms with Crippen LogP contribution in [0.3, 0.4) is 0 Å². The van der Waals surface area contributed by atoms with Gasteiger partial charge in [0, 0.05) is 18.8 Å². The minimum absolute atomic E-state index is 0.0833. The van der Waals surface area contributed by atoms with Gasteiger partial charge in [-0.2, -0.15) is 0 Å². The number of benzene rings is 2. The molecule has 1 aliphatic heterocycles. The van der Waals surface area contributed by atoms with Gasteiger partial charge >= 0.3 is 11.9 Å². The highest BCUT2D eigenvalue weighted by Gasteiger charge is 2.25. The smallest absolute Gasteiger partial charge is 0.335 e. The first-order chi connectivity index (χ1) is 11.1. The molecule has 0 spiro atoms. The van der Waals surface area contributed by atoms with E-state index >= 15 is 0 Å². The van der Waals surface area contributed by atoms with Gasteiger partial charge in [0.1, 0.15) is 0 Å². The van der Waals surface area contributed by atoms with Crippen molar-refractivity contribution in [2.75, 3.05) is 18.0 Å². The Morgan fingerprint density at radius 1 is 0.826 bits per heavy atom. The van der Waals surface area contributed by atoms with Crippen LogP contribution in [-0.4, -0.2) is 35.2 Å². The molecule has 1 fully saturated rings. The van der Waals surface area contributed by atoms with E-state index in [0.717, 1.165) is 0 Å². The minimum atomic E-state index is -1.06. The number of aromatic carboxylic acids is 2. The zero-order chi connectivity index (χ0) is 16.4. The van der Waals surface area contributed by atoms with E-state index in [2.05, 4.69) is 23.1 Å². The lowest BCUT2D eigenvalue weighted by atomic mass is 9.87. The fraction of sp³-hybridized carbons (Fsp3) is 0.222. The normalized spacial score (nSPS) is 14.0. The van der Waals surface area contributed by atoms with Crippen molar-refractivity contribution in [3.8, 4) is 0 Å². The molecule has 0 saturated carbocycles. The molecule has 5 heteroatoms. The summed E-state index contributed by atoms with van der Waals surface area (Å²) < 4.78 is 0. The predicted molar refractivity (Wildman–Crippen MR) is 86.4 cm³/mol. The molecule has 2 aliphatic rings. The molecule has 0 amide bonds. The van der Waals surface area contributed by atoms with E-state index < -0.39 is 11.9 Å². The van der Waals surface area contributed by atoms with Gasteiger partial charge in [0.15, 0.2) is 0 Å². The Morgan fingerprint density at radius 2 is 1.39 bits per heavy atom. The molecule has 4 rings (SSSR count). The number of nitrogens with zero attached hydrogens (tertiary/aromatic N) is 1. The van der Waals surface area contributed by atoms with Crippen LogP contribution in [0, 0.1) is 0 Å². The molecule has 1 aliphatic carbocycles. The van der Waals surface area contributed by atoms with Crippen molar-refractivity contribution >= 4 is 17.6 Å². The van der Waals surface area contributed by atoms with Crippen molar-refractivity contribution in [1.82, 2.24) is 0 Å². The number of hydrogen-bond acceptors (Lipinski definition) is 3. The van der Waals surface area contributed by atoms with Gasteiger partial charge < -0.3 is 15.1 Å². The van der Waals surface area contributed by atoms with Gasteiger partial charge in [0.05, 0.1) is 11.1 Å². The van der Waals surface area contributed by atoms with Crippen LogP contribution in [0.5, 0.6) is 0 Å². The lowest BCUT2D eigenvalue weighted by molar-refractivity contribution is 0.0681. The van der Waals surface area contributed by atoms with Crippen LogP contribution in [0.4, 0.5) is 5.69 Å². The molecular formula is C18H17NO4. The predicted octanol–water partition coefficient (Wildman–Crippen LogP) is 2.69. The van der Waals surface area contributed by atoms with Crippen LogP contribution < -0.4 is 4.90 Å². The lowest BCUT2D eigenvalue weighted by Crippen LogP contribution is -2.11. The quantitative estimate of drug-likeness (QED) is 0.852. The highest BCUT2D eigenvalue weighted by molar-refractivity contribution is 5.91. The van der Waals surface area contributed by atoms with E-state index in [9.17, 15) is 9.59 Å². The van der Waals surface area contributed by atoms with Crippen LogP contribution in [0.1, 0.15) is 31.8 Å². The molecule has 0 bridgehead atoms. The highest BCUT2D eigenvalue weighted by Crippen LogP contribution is 2.34. The maximum Gasteiger partial charge on any atom is 0.335 e. The minimum Gasteiger partial charge on any atom is -0.478 e. The van der Waals surface area contributed by atoms with Gasteiger partial charge in [0.2, 0.25) is 0 Å². The molecule has 2 N–H and O–H groups in total. The topological polar surface area (TPSA) is 77.6 Å². The summed E-state index contributed by atoms with van der Waals surface area (Å²) in [6.07, 6.45) is 2.61. The van der Waals surface area contributed by atoms with Crippen LogP contribution in [0.2, 0.25) is 0 Å². The first-order valence-corrected chi connectivity index (χ1v) is 7.48. The van der Waals surface area contributed by atoms with E-state index in [0.29, 0.717) is 0 Å². The van der Waals surface area contributed by atoms with Gasteiger partial charge in [-0.1, -0.05) is 12.1 Å². The number of rotatable bonds is 3. The molecule has 2 aromatic rings. The Kier molecular flexibility index (Phi) is 4.02. The SMILES string of the molecule is O=C(O)c1ccc(C(=O)O)cc1.c1cc2c(c(N3CC3)c1)CC2. The summed E-state index contributed by atoms with van der Waals surface area (Å²) in [6.45, 7) is 2.55. The summed E-state index contributed by atoms with van der Waals surface area (Å²) in [5.41, 5.74) is 4.87. The number of fused-ring (bicyclic) bond motifs is 1. The number of anilines is 1. The number of carboxylic acids is 2. The first kappa shape index (κ1) is 15.1. The van der Waals surface area contributed by atoms with E-state index in [4.69, 9.17) is 10.2 Å². The second-order valence-corrected chi connectivity index (χ2v) is 5.59. The van der Waals surface area contributed by atoms with Crippen molar-refractivity contribution in [1.29, 1.82) is 0 Å². The van der Waals surface area contributed by atoms with Gasteiger partial charge in [-0.25, -0.2) is 9.59 Å². The largest absolute Gasteiger partial charge is 0.478 e. The molecule has 0 aromatic heterocycles. The lowest BCUT2D eigenvalue weighted by Gasteiger charge is -2.22. The fourth-order valence-corrected chi connectivity index (χ4v) is 2.57. The van der Waals surface area contributed by atoms with Crippen LogP contribution in [0.25, 0.3) is 0 Å². The summed E-state index contributed by atoms with van der Waals surface area (Å²) in [5.74, 6) is -2.13. The molecule has 23 heavy (non-hydrogen) atoms. The second kappa shape index (κ2) is 6.12. The number of hydrogen-bond donors (Lipinski definition) is 2. The summed E-state index contributed by atoms with van der Waals surface area (Å²) in [6, 6.07) is 11.7. The maximum atomic E-state index is 10.3. The van der Waals surface area contributed by atoms with Crippen molar-refractivity contribution < 1.29 is 19.8 Å². The molecule has 1 heterocycles. The van der Waals surface area contributed by atoms with Crippen LogP contribution in [-0.2, 0) is 12.8 Å². The number of carboxylic acid groups (broad SMARTS) is 2. The molecule has 1 saturated heterocycles. The van der Waals surface area contributed by atoms with Gasteiger partial charge in [-0.15, -0.1) is 0 Å².